The molecule has 0 aromatic heterocycles. The molecule has 1 heterocycles. The lowest BCUT2D eigenvalue weighted by Gasteiger charge is -2.29. The second-order valence-corrected chi connectivity index (χ2v) is 4.72. The van der Waals surface area contributed by atoms with Crippen LogP contribution in [0, 0.1) is 5.92 Å². The quantitative estimate of drug-likeness (QED) is 0.654. The molecule has 0 aromatic carbocycles. The number of urea groups is 1. The van der Waals surface area contributed by atoms with Gasteiger partial charge in [0.15, 0.2) is 0 Å². The number of nitrogens with zero attached hydrogens (tertiary/aromatic N) is 1. The number of nitrogens with one attached hydrogen (secondary N) is 2. The molecule has 3 N–H and O–H groups in total. The van der Waals surface area contributed by atoms with Crippen LogP contribution in [0.1, 0.15) is 26.2 Å². The van der Waals surface area contributed by atoms with E-state index < -0.39 is 23.8 Å². The van der Waals surface area contributed by atoms with Crippen molar-refractivity contribution in [3.05, 3.63) is 0 Å². The Kier molecular flexibility index (Phi) is 6.27. The zero-order valence-corrected chi connectivity index (χ0v) is 11.1. The van der Waals surface area contributed by atoms with Crippen LogP contribution in [0.3, 0.4) is 0 Å². The van der Waals surface area contributed by atoms with Gasteiger partial charge in [0.2, 0.25) is 5.91 Å². The summed E-state index contributed by atoms with van der Waals surface area (Å²) in [5.74, 6) is -1.65. The molecule has 1 unspecified atom stereocenters. The average molecular weight is 271 g/mol. The zero-order valence-electron chi connectivity index (χ0n) is 11.1. The van der Waals surface area contributed by atoms with E-state index in [-0.39, 0.29) is 6.54 Å². The lowest BCUT2D eigenvalue weighted by Crippen LogP contribution is -2.47. The zero-order chi connectivity index (χ0) is 14.3. The minimum Gasteiger partial charge on any atom is -0.481 e. The van der Waals surface area contributed by atoms with Gasteiger partial charge in [0.25, 0.3) is 0 Å². The molecule has 1 saturated heterocycles. The van der Waals surface area contributed by atoms with Crippen LogP contribution in [0.25, 0.3) is 0 Å². The van der Waals surface area contributed by atoms with Crippen LogP contribution in [0.15, 0.2) is 0 Å². The third-order valence-electron chi connectivity index (χ3n) is 3.01. The lowest BCUT2D eigenvalue weighted by molar-refractivity contribution is -0.144. The van der Waals surface area contributed by atoms with Crippen molar-refractivity contribution in [1.29, 1.82) is 0 Å². The minimum atomic E-state index is -0.828. The van der Waals surface area contributed by atoms with E-state index >= 15 is 0 Å². The van der Waals surface area contributed by atoms with E-state index in [4.69, 9.17) is 5.11 Å². The number of hydrogen-bond donors (Lipinski definition) is 3. The Labute approximate surface area is 112 Å². The van der Waals surface area contributed by atoms with Crippen LogP contribution in [0.4, 0.5) is 4.79 Å². The van der Waals surface area contributed by atoms with Gasteiger partial charge in [-0.1, -0.05) is 6.92 Å². The Morgan fingerprint density at radius 1 is 1.37 bits per heavy atom. The molecule has 1 aliphatic rings. The molecule has 0 spiro atoms. The van der Waals surface area contributed by atoms with E-state index in [2.05, 4.69) is 10.6 Å². The van der Waals surface area contributed by atoms with Gasteiger partial charge in [0.1, 0.15) is 0 Å². The Morgan fingerprint density at radius 2 is 2.11 bits per heavy atom. The average Bonchev–Trinajstić information content (AvgIpc) is 2.36. The van der Waals surface area contributed by atoms with Crippen molar-refractivity contribution in [2.75, 3.05) is 26.2 Å². The maximum atomic E-state index is 11.6. The summed E-state index contributed by atoms with van der Waals surface area (Å²) in [7, 11) is 0. The largest absolute Gasteiger partial charge is 0.481 e. The first-order chi connectivity index (χ1) is 9.02. The molecular formula is C12H21N3O4. The number of imide groups is 1. The number of amides is 3. The van der Waals surface area contributed by atoms with E-state index in [0.717, 1.165) is 12.8 Å². The summed E-state index contributed by atoms with van der Waals surface area (Å²) in [6, 6.07) is -0.501. The fourth-order valence-electron chi connectivity index (χ4n) is 2.05. The molecule has 0 bridgehead atoms. The first kappa shape index (κ1) is 15.4. The predicted molar refractivity (Wildman–Crippen MR) is 68.6 cm³/mol. The Hall–Kier alpha value is -1.63. The number of carbonyl (C=O) groups is 3. The number of piperidine rings is 1. The van der Waals surface area contributed by atoms with Crippen molar-refractivity contribution in [2.45, 2.75) is 26.2 Å². The molecule has 7 heteroatoms. The van der Waals surface area contributed by atoms with Gasteiger partial charge in [0, 0.05) is 13.1 Å². The van der Waals surface area contributed by atoms with Gasteiger partial charge in [-0.05, 0) is 25.8 Å². The monoisotopic (exact) mass is 271 g/mol. The number of carboxylic acid groups (broad SMARTS) is 1. The summed E-state index contributed by atoms with van der Waals surface area (Å²) in [6.45, 7) is 3.54. The van der Waals surface area contributed by atoms with Gasteiger partial charge in [-0.2, -0.15) is 0 Å². The maximum Gasteiger partial charge on any atom is 0.321 e. The van der Waals surface area contributed by atoms with Crippen LogP contribution in [0.2, 0.25) is 0 Å². The molecule has 1 fully saturated rings. The standard InChI is InChI=1S/C12H21N3O4/c1-2-5-13-12(19)14-10(16)8-15-6-3-4-9(7-15)11(17)18/h9H,2-8H2,1H3,(H,17,18)(H2,13,14,16,19). The smallest absolute Gasteiger partial charge is 0.321 e. The van der Waals surface area contributed by atoms with Crippen LogP contribution in [0.5, 0.6) is 0 Å². The molecule has 0 saturated carbocycles. The molecule has 0 aromatic rings. The molecule has 7 nitrogen and oxygen atoms in total. The highest BCUT2D eigenvalue weighted by molar-refractivity contribution is 5.95. The Bertz CT molecular complexity index is 346. The van der Waals surface area contributed by atoms with E-state index in [1.165, 1.54) is 0 Å². The predicted octanol–water partition coefficient (Wildman–Crippen LogP) is 0.0188. The lowest BCUT2D eigenvalue weighted by atomic mass is 9.98. The summed E-state index contributed by atoms with van der Waals surface area (Å²) in [4.78, 5) is 35.5. The first-order valence-corrected chi connectivity index (χ1v) is 6.55. The van der Waals surface area contributed by atoms with Gasteiger partial charge in [-0.3, -0.25) is 19.8 Å². The van der Waals surface area contributed by atoms with Crippen LogP contribution >= 0.6 is 0 Å². The molecule has 1 atom stereocenters. The van der Waals surface area contributed by atoms with E-state index in [0.29, 0.717) is 26.1 Å². The van der Waals surface area contributed by atoms with Crippen LogP contribution in [-0.4, -0.2) is 54.1 Å². The molecule has 19 heavy (non-hydrogen) atoms. The summed E-state index contributed by atoms with van der Waals surface area (Å²) in [6.07, 6.45) is 2.20. The molecular weight excluding hydrogens is 250 g/mol. The minimum absolute atomic E-state index is 0.0589. The summed E-state index contributed by atoms with van der Waals surface area (Å²) in [5.41, 5.74) is 0. The number of carboxylic acids is 1. The number of likely N-dealkylation sites (tertiary alicyclic amines) is 1. The first-order valence-electron chi connectivity index (χ1n) is 6.55. The highest BCUT2D eigenvalue weighted by Crippen LogP contribution is 2.15. The summed E-state index contributed by atoms with van der Waals surface area (Å²) in [5, 5.41) is 13.7. The van der Waals surface area contributed by atoms with Gasteiger partial charge in [-0.25, -0.2) is 4.79 Å². The van der Waals surface area contributed by atoms with E-state index in [1.807, 2.05) is 6.92 Å². The van der Waals surface area contributed by atoms with Crippen molar-refractivity contribution in [1.82, 2.24) is 15.5 Å². The fourth-order valence-corrected chi connectivity index (χ4v) is 2.05. The van der Waals surface area contributed by atoms with Crippen molar-refractivity contribution in [3.63, 3.8) is 0 Å². The Morgan fingerprint density at radius 3 is 2.74 bits per heavy atom. The molecule has 0 aliphatic carbocycles. The van der Waals surface area contributed by atoms with Crippen molar-refractivity contribution in [2.24, 2.45) is 5.92 Å². The highest BCUT2D eigenvalue weighted by atomic mass is 16.4. The van der Waals surface area contributed by atoms with Gasteiger partial charge >= 0.3 is 12.0 Å². The highest BCUT2D eigenvalue weighted by Gasteiger charge is 2.26. The summed E-state index contributed by atoms with van der Waals surface area (Å²) >= 11 is 0. The Balaban J connectivity index is 2.31. The van der Waals surface area contributed by atoms with Gasteiger partial charge in [0.05, 0.1) is 12.5 Å². The topological polar surface area (TPSA) is 98.7 Å². The molecule has 1 aliphatic heterocycles. The van der Waals surface area contributed by atoms with Gasteiger partial charge < -0.3 is 10.4 Å². The number of carbonyl (C=O) groups excluding carboxylic acids is 2. The fraction of sp³-hybridized carbons (Fsp3) is 0.750. The van der Waals surface area contributed by atoms with E-state index in [1.54, 1.807) is 4.90 Å². The summed E-state index contributed by atoms with van der Waals surface area (Å²) < 4.78 is 0. The maximum absolute atomic E-state index is 11.6. The second kappa shape index (κ2) is 7.73. The normalized spacial score (nSPS) is 19.7. The SMILES string of the molecule is CCCNC(=O)NC(=O)CN1CCCC(C(=O)O)C1. The number of rotatable bonds is 5. The van der Waals surface area contributed by atoms with Crippen LogP contribution < -0.4 is 10.6 Å². The second-order valence-electron chi connectivity index (χ2n) is 4.72. The van der Waals surface area contributed by atoms with Gasteiger partial charge in [-0.15, -0.1) is 0 Å². The molecule has 3 amide bonds. The van der Waals surface area contributed by atoms with Crippen LogP contribution in [-0.2, 0) is 9.59 Å². The van der Waals surface area contributed by atoms with Crippen molar-refractivity contribution in [3.8, 4) is 0 Å². The molecule has 108 valence electrons. The molecule has 1 rings (SSSR count). The number of aliphatic carboxylic acids is 1. The third kappa shape index (κ3) is 5.69. The van der Waals surface area contributed by atoms with Crippen molar-refractivity contribution >= 4 is 17.9 Å². The van der Waals surface area contributed by atoms with E-state index in [9.17, 15) is 14.4 Å². The third-order valence-corrected chi connectivity index (χ3v) is 3.01. The molecule has 0 radical (unpaired) electrons. The van der Waals surface area contributed by atoms with Crippen molar-refractivity contribution < 1.29 is 19.5 Å². The number of hydrogen-bond acceptors (Lipinski definition) is 4.